The second-order valence-electron chi connectivity index (χ2n) is 10.3. The van der Waals surface area contributed by atoms with E-state index in [0.29, 0.717) is 44.6 Å². The van der Waals surface area contributed by atoms with Gasteiger partial charge in [0, 0.05) is 11.1 Å². The maximum Gasteiger partial charge on any atom is 0.347 e. The lowest BCUT2D eigenvalue weighted by Crippen LogP contribution is -2.14. The molecule has 6 aromatic carbocycles. The highest BCUT2D eigenvalue weighted by Gasteiger charge is 2.22. The first-order valence-corrected chi connectivity index (χ1v) is 15.0. The van der Waals surface area contributed by atoms with E-state index in [1.165, 1.54) is 18.4 Å². The third-order valence-electron chi connectivity index (χ3n) is 7.58. The summed E-state index contributed by atoms with van der Waals surface area (Å²) >= 11 is 1.47. The molecule has 0 saturated heterocycles. The van der Waals surface area contributed by atoms with E-state index < -0.39 is 5.97 Å². The van der Waals surface area contributed by atoms with Crippen LogP contribution in [-0.4, -0.2) is 31.1 Å². The van der Waals surface area contributed by atoms with E-state index in [0.717, 1.165) is 31.8 Å². The molecule has 0 aliphatic heterocycles. The summed E-state index contributed by atoms with van der Waals surface area (Å²) in [5.41, 5.74) is 2.59. The SMILES string of the molecule is COc1cc2ccccc2cc1C(=O)Nc1ccc(OC(=O)c2ccc3ccccc3c2OC)c(-c2nc3ccccc3s2)c1. The number of thiazole rings is 1. The number of nitrogens with zero attached hydrogens (tertiary/aromatic N) is 1. The average molecular weight is 611 g/mol. The van der Waals surface area contributed by atoms with Gasteiger partial charge in [-0.05, 0) is 64.7 Å². The minimum atomic E-state index is -0.572. The first kappa shape index (κ1) is 28.1. The summed E-state index contributed by atoms with van der Waals surface area (Å²) in [4.78, 5) is 32.0. The number of amides is 1. The first-order chi connectivity index (χ1) is 22.0. The van der Waals surface area contributed by atoms with Crippen molar-refractivity contribution in [3.8, 4) is 27.8 Å². The molecular weight excluding hydrogens is 584 g/mol. The molecule has 8 heteroatoms. The van der Waals surface area contributed by atoms with Gasteiger partial charge in [0.1, 0.15) is 27.8 Å². The molecule has 0 aliphatic carbocycles. The van der Waals surface area contributed by atoms with Crippen LogP contribution in [0, 0.1) is 0 Å². The molecule has 0 unspecified atom stereocenters. The minimum Gasteiger partial charge on any atom is -0.496 e. The van der Waals surface area contributed by atoms with Crippen LogP contribution in [0.15, 0.2) is 115 Å². The predicted molar refractivity (Wildman–Crippen MR) is 179 cm³/mol. The van der Waals surface area contributed by atoms with Gasteiger partial charge in [-0.25, -0.2) is 9.78 Å². The van der Waals surface area contributed by atoms with Gasteiger partial charge in [0.05, 0.1) is 35.6 Å². The number of nitrogens with one attached hydrogen (secondary N) is 1. The molecule has 0 spiro atoms. The van der Waals surface area contributed by atoms with Crippen molar-refractivity contribution in [3.05, 3.63) is 126 Å². The number of fused-ring (bicyclic) bond motifs is 3. The normalized spacial score (nSPS) is 11.1. The number of ether oxygens (including phenoxy) is 3. The van der Waals surface area contributed by atoms with Crippen LogP contribution in [0.5, 0.6) is 17.2 Å². The zero-order valence-corrected chi connectivity index (χ0v) is 25.2. The molecule has 0 aliphatic rings. The number of aromatic nitrogens is 1. The molecule has 0 atom stereocenters. The summed E-state index contributed by atoms with van der Waals surface area (Å²) in [5.74, 6) is 0.298. The molecule has 0 radical (unpaired) electrons. The van der Waals surface area contributed by atoms with Gasteiger partial charge < -0.3 is 19.5 Å². The summed E-state index contributed by atoms with van der Waals surface area (Å²) < 4.78 is 18.2. The number of hydrogen-bond donors (Lipinski definition) is 1. The molecule has 1 aromatic heterocycles. The number of rotatable bonds is 7. The molecule has 7 nitrogen and oxygen atoms in total. The minimum absolute atomic E-state index is 0.298. The molecule has 0 bridgehead atoms. The van der Waals surface area contributed by atoms with E-state index in [2.05, 4.69) is 5.32 Å². The van der Waals surface area contributed by atoms with E-state index in [4.69, 9.17) is 19.2 Å². The number of carbonyl (C=O) groups excluding carboxylic acids is 2. The largest absolute Gasteiger partial charge is 0.496 e. The zero-order valence-electron chi connectivity index (χ0n) is 24.4. The first-order valence-electron chi connectivity index (χ1n) is 14.2. The highest BCUT2D eigenvalue weighted by molar-refractivity contribution is 7.21. The highest BCUT2D eigenvalue weighted by Crippen LogP contribution is 2.39. The Morgan fingerprint density at radius 3 is 2.20 bits per heavy atom. The smallest absolute Gasteiger partial charge is 0.347 e. The van der Waals surface area contributed by atoms with Crippen molar-refractivity contribution in [3.63, 3.8) is 0 Å². The Morgan fingerprint density at radius 1 is 0.689 bits per heavy atom. The van der Waals surface area contributed by atoms with Crippen LogP contribution in [-0.2, 0) is 0 Å². The molecule has 7 rings (SSSR count). The molecule has 1 amide bonds. The molecule has 0 saturated carbocycles. The Hall–Kier alpha value is -5.73. The lowest BCUT2D eigenvalue weighted by atomic mass is 10.0. The molecular formula is C37H26N2O5S. The van der Waals surface area contributed by atoms with Crippen LogP contribution in [0.1, 0.15) is 20.7 Å². The fraction of sp³-hybridized carbons (Fsp3) is 0.0541. The number of para-hydroxylation sites is 1. The van der Waals surface area contributed by atoms with Gasteiger partial charge in [0.2, 0.25) is 0 Å². The number of methoxy groups -OCH3 is 2. The third kappa shape index (κ3) is 5.32. The van der Waals surface area contributed by atoms with E-state index >= 15 is 0 Å². The predicted octanol–water partition coefficient (Wildman–Crippen LogP) is 8.76. The van der Waals surface area contributed by atoms with Crippen molar-refractivity contribution < 1.29 is 23.8 Å². The van der Waals surface area contributed by atoms with Gasteiger partial charge in [-0.3, -0.25) is 4.79 Å². The maximum atomic E-state index is 13.6. The molecule has 1 heterocycles. The van der Waals surface area contributed by atoms with Crippen LogP contribution in [0.2, 0.25) is 0 Å². The van der Waals surface area contributed by atoms with Gasteiger partial charge in [0.25, 0.3) is 5.91 Å². The van der Waals surface area contributed by atoms with E-state index in [1.807, 2.05) is 91.0 Å². The van der Waals surface area contributed by atoms with Crippen molar-refractivity contribution in [2.24, 2.45) is 0 Å². The van der Waals surface area contributed by atoms with Crippen molar-refractivity contribution >= 4 is 60.7 Å². The molecule has 45 heavy (non-hydrogen) atoms. The van der Waals surface area contributed by atoms with E-state index in [1.54, 1.807) is 31.4 Å². The molecule has 1 N–H and O–H groups in total. The van der Waals surface area contributed by atoms with Crippen LogP contribution in [0.25, 0.3) is 42.3 Å². The average Bonchev–Trinajstić information content (AvgIpc) is 3.52. The topological polar surface area (TPSA) is 86.8 Å². The van der Waals surface area contributed by atoms with Gasteiger partial charge in [-0.1, -0.05) is 66.7 Å². The van der Waals surface area contributed by atoms with Crippen LogP contribution in [0.3, 0.4) is 0 Å². The van der Waals surface area contributed by atoms with Gasteiger partial charge in [0.15, 0.2) is 0 Å². The standard InChI is InChI=1S/C37H26N2O5S/c1-42-32-20-24-11-4-3-10-23(24)19-28(32)35(40)38-25-16-18-31(29(21-25)36-39-30-13-7-8-14-33(30)45-36)44-37(41)27-17-15-22-9-5-6-12-26(22)34(27)43-2/h3-21H,1-2H3,(H,38,40). The van der Waals surface area contributed by atoms with Crippen molar-refractivity contribution in [1.29, 1.82) is 0 Å². The Kier molecular flexibility index (Phi) is 7.33. The molecule has 7 aromatic rings. The van der Waals surface area contributed by atoms with Crippen LogP contribution in [0.4, 0.5) is 5.69 Å². The summed E-state index contributed by atoms with van der Waals surface area (Å²) in [6, 6.07) is 35.6. The Balaban J connectivity index is 1.27. The Bertz CT molecular complexity index is 2230. The second-order valence-corrected chi connectivity index (χ2v) is 11.3. The lowest BCUT2D eigenvalue weighted by molar-refractivity contribution is 0.0732. The summed E-state index contributed by atoms with van der Waals surface area (Å²) in [6.07, 6.45) is 0. The maximum absolute atomic E-state index is 13.6. The summed E-state index contributed by atoms with van der Waals surface area (Å²) in [5, 5.41) is 7.28. The van der Waals surface area contributed by atoms with Crippen molar-refractivity contribution in [1.82, 2.24) is 4.98 Å². The summed E-state index contributed by atoms with van der Waals surface area (Å²) in [6.45, 7) is 0. The summed E-state index contributed by atoms with van der Waals surface area (Å²) in [7, 11) is 3.08. The lowest BCUT2D eigenvalue weighted by Gasteiger charge is -2.15. The quantitative estimate of drug-likeness (QED) is 0.143. The Labute approximate surface area is 262 Å². The number of hydrogen-bond acceptors (Lipinski definition) is 7. The molecule has 0 fully saturated rings. The number of esters is 1. The van der Waals surface area contributed by atoms with E-state index in [-0.39, 0.29) is 5.91 Å². The van der Waals surface area contributed by atoms with Crippen molar-refractivity contribution in [2.45, 2.75) is 0 Å². The number of benzene rings is 6. The van der Waals surface area contributed by atoms with Crippen molar-refractivity contribution in [2.75, 3.05) is 19.5 Å². The fourth-order valence-electron chi connectivity index (χ4n) is 5.39. The monoisotopic (exact) mass is 610 g/mol. The van der Waals surface area contributed by atoms with Gasteiger partial charge in [-0.15, -0.1) is 11.3 Å². The third-order valence-corrected chi connectivity index (χ3v) is 8.65. The van der Waals surface area contributed by atoms with Gasteiger partial charge >= 0.3 is 5.97 Å². The Morgan fingerprint density at radius 2 is 1.42 bits per heavy atom. The zero-order chi connectivity index (χ0) is 30.9. The van der Waals surface area contributed by atoms with Gasteiger partial charge in [-0.2, -0.15) is 0 Å². The van der Waals surface area contributed by atoms with Crippen LogP contribution < -0.4 is 19.5 Å². The fourth-order valence-corrected chi connectivity index (χ4v) is 6.38. The molecule has 220 valence electrons. The number of carbonyl (C=O) groups is 2. The highest BCUT2D eigenvalue weighted by atomic mass is 32.1. The van der Waals surface area contributed by atoms with Crippen LogP contribution >= 0.6 is 11.3 Å². The van der Waals surface area contributed by atoms with E-state index in [9.17, 15) is 9.59 Å². The second kappa shape index (κ2) is 11.7. The number of anilines is 1.